The Hall–Kier alpha value is -0.510. The van der Waals surface area contributed by atoms with Crippen LogP contribution >= 0.6 is 11.6 Å². The second-order valence-electron chi connectivity index (χ2n) is 2.09. The fourth-order valence-corrected chi connectivity index (χ4v) is 0.989. The number of alkyl halides is 2. The number of rotatable bonds is 1. The van der Waals surface area contributed by atoms with Crippen molar-refractivity contribution in [1.29, 1.82) is 0 Å². The van der Waals surface area contributed by atoms with E-state index in [4.69, 9.17) is 11.6 Å². The molecule has 3 nitrogen and oxygen atoms in total. The average Bonchev–Trinajstić information content (AvgIpc) is 2.14. The van der Waals surface area contributed by atoms with Crippen LogP contribution in [0.2, 0.25) is 0 Å². The van der Waals surface area contributed by atoms with Crippen LogP contribution in [-0.4, -0.2) is 36.3 Å². The molecule has 0 N–H and O–H groups in total. The fraction of sp³-hybridized carbons (Fsp3) is 0.800. The molecule has 1 fully saturated rings. The lowest BCUT2D eigenvalue weighted by Gasteiger charge is -2.14. The second-order valence-corrected chi connectivity index (χ2v) is 2.51. The molecule has 0 aromatic heterocycles. The molecule has 0 bridgehead atoms. The zero-order valence-electron chi connectivity index (χ0n) is 5.38. The second kappa shape index (κ2) is 2.62. The molecule has 1 rings (SSSR count). The number of cyclic esters (lactones) is 1. The minimum Gasteiger partial charge on any atom is -0.447 e. The van der Waals surface area contributed by atoms with Gasteiger partial charge in [-0.25, -0.2) is 9.18 Å². The van der Waals surface area contributed by atoms with Crippen molar-refractivity contribution in [2.45, 2.75) is 11.7 Å². The zero-order valence-corrected chi connectivity index (χ0v) is 6.14. The van der Waals surface area contributed by atoms with Gasteiger partial charge in [0.05, 0.1) is 0 Å². The first-order valence-corrected chi connectivity index (χ1v) is 3.24. The van der Waals surface area contributed by atoms with E-state index in [0.29, 0.717) is 0 Å². The highest BCUT2D eigenvalue weighted by Crippen LogP contribution is 2.17. The summed E-state index contributed by atoms with van der Waals surface area (Å²) >= 11 is 5.10. The smallest absolute Gasteiger partial charge is 0.410 e. The predicted molar refractivity (Wildman–Crippen MR) is 33.6 cm³/mol. The first-order chi connectivity index (χ1) is 4.63. The van der Waals surface area contributed by atoms with Crippen molar-refractivity contribution < 1.29 is 13.9 Å². The van der Waals surface area contributed by atoms with E-state index in [-0.39, 0.29) is 6.61 Å². The van der Waals surface area contributed by atoms with Crippen LogP contribution in [0, 0.1) is 0 Å². The Morgan fingerprint density at radius 3 is 2.80 bits per heavy atom. The quantitative estimate of drug-likeness (QED) is 0.545. The van der Waals surface area contributed by atoms with Crippen molar-refractivity contribution in [3.8, 4) is 0 Å². The Kier molecular flexibility index (Phi) is 1.99. The van der Waals surface area contributed by atoms with Gasteiger partial charge in [-0.3, -0.25) is 0 Å². The molecule has 2 unspecified atom stereocenters. The minimum absolute atomic E-state index is 0.0417. The van der Waals surface area contributed by atoms with E-state index in [1.165, 1.54) is 7.05 Å². The molecule has 5 heteroatoms. The summed E-state index contributed by atoms with van der Waals surface area (Å²) in [6.45, 7) is 0.0417. The van der Waals surface area contributed by atoms with Crippen LogP contribution in [0.25, 0.3) is 0 Å². The van der Waals surface area contributed by atoms with Crippen LogP contribution in [0.1, 0.15) is 0 Å². The Labute approximate surface area is 62.7 Å². The third kappa shape index (κ3) is 1.16. The van der Waals surface area contributed by atoms with Gasteiger partial charge < -0.3 is 9.64 Å². The Morgan fingerprint density at radius 1 is 2.00 bits per heavy atom. The Morgan fingerprint density at radius 2 is 2.60 bits per heavy atom. The van der Waals surface area contributed by atoms with Gasteiger partial charge in [0.1, 0.15) is 12.6 Å². The molecule has 1 amide bonds. The molecule has 0 spiro atoms. The standard InChI is InChI=1S/C5H7ClFNO2/c1-8-3(4(6)7)2-10-5(8)9/h3-4H,2H2,1H3. The summed E-state index contributed by atoms with van der Waals surface area (Å²) in [4.78, 5) is 11.7. The van der Waals surface area contributed by atoms with Gasteiger partial charge in [0.2, 0.25) is 0 Å². The largest absolute Gasteiger partial charge is 0.447 e. The summed E-state index contributed by atoms with van der Waals surface area (Å²) in [7, 11) is 1.45. The maximum absolute atomic E-state index is 12.3. The molecule has 1 aliphatic heterocycles. The Balaban J connectivity index is 2.57. The van der Waals surface area contributed by atoms with Crippen LogP contribution in [-0.2, 0) is 4.74 Å². The Bertz CT molecular complexity index is 153. The highest BCUT2D eigenvalue weighted by molar-refractivity contribution is 6.20. The van der Waals surface area contributed by atoms with Crippen LogP contribution in [0.3, 0.4) is 0 Å². The number of nitrogens with zero attached hydrogens (tertiary/aromatic N) is 1. The molecule has 1 heterocycles. The third-order valence-electron chi connectivity index (χ3n) is 1.45. The summed E-state index contributed by atoms with van der Waals surface area (Å²) in [5.74, 6) is 0. The van der Waals surface area contributed by atoms with Crippen molar-refractivity contribution in [3.63, 3.8) is 0 Å². The number of likely N-dealkylation sites (N-methyl/N-ethyl adjacent to an activating group) is 1. The summed E-state index contributed by atoms with van der Waals surface area (Å²) in [5.41, 5.74) is -1.54. The zero-order chi connectivity index (χ0) is 7.72. The predicted octanol–water partition coefficient (Wildman–Crippen LogP) is 0.971. The molecule has 0 aliphatic carbocycles. The van der Waals surface area contributed by atoms with E-state index in [0.717, 1.165) is 4.90 Å². The van der Waals surface area contributed by atoms with E-state index in [1.807, 2.05) is 0 Å². The molecule has 0 aromatic rings. The summed E-state index contributed by atoms with van der Waals surface area (Å²) in [5, 5.41) is 0. The van der Waals surface area contributed by atoms with Crippen molar-refractivity contribution in [3.05, 3.63) is 0 Å². The highest BCUT2D eigenvalue weighted by Gasteiger charge is 2.34. The van der Waals surface area contributed by atoms with Crippen LogP contribution < -0.4 is 0 Å². The summed E-state index contributed by atoms with van der Waals surface area (Å²) in [6, 6.07) is -0.630. The van der Waals surface area contributed by atoms with Gasteiger partial charge in [-0.05, 0) is 0 Å². The lowest BCUT2D eigenvalue weighted by Crippen LogP contribution is -2.34. The number of carbonyl (C=O) groups excluding carboxylic acids is 1. The van der Waals surface area contributed by atoms with Crippen molar-refractivity contribution >= 4 is 17.7 Å². The minimum atomic E-state index is -1.54. The van der Waals surface area contributed by atoms with Crippen molar-refractivity contribution in [2.24, 2.45) is 0 Å². The highest BCUT2D eigenvalue weighted by atomic mass is 35.5. The summed E-state index contributed by atoms with van der Waals surface area (Å²) in [6.07, 6.45) is -0.520. The van der Waals surface area contributed by atoms with Gasteiger partial charge in [-0.1, -0.05) is 11.6 Å². The fourth-order valence-electron chi connectivity index (χ4n) is 0.747. The molecular formula is C5H7ClFNO2. The van der Waals surface area contributed by atoms with E-state index < -0.39 is 17.8 Å². The number of carbonyl (C=O) groups is 1. The van der Waals surface area contributed by atoms with Gasteiger partial charge >= 0.3 is 6.09 Å². The molecular weight excluding hydrogens is 161 g/mol. The van der Waals surface area contributed by atoms with Crippen molar-refractivity contribution in [1.82, 2.24) is 4.90 Å². The first-order valence-electron chi connectivity index (χ1n) is 2.80. The molecule has 1 saturated heterocycles. The number of amides is 1. The van der Waals surface area contributed by atoms with E-state index in [2.05, 4.69) is 4.74 Å². The van der Waals surface area contributed by atoms with Crippen molar-refractivity contribution in [2.75, 3.05) is 13.7 Å². The first kappa shape index (κ1) is 7.60. The van der Waals surface area contributed by atoms with Crippen LogP contribution in [0.4, 0.5) is 9.18 Å². The normalized spacial score (nSPS) is 28.5. The van der Waals surface area contributed by atoms with Gasteiger partial charge in [0, 0.05) is 7.05 Å². The lowest BCUT2D eigenvalue weighted by atomic mass is 10.3. The molecule has 2 atom stereocenters. The molecule has 10 heavy (non-hydrogen) atoms. The third-order valence-corrected chi connectivity index (χ3v) is 1.74. The SMILES string of the molecule is CN1C(=O)OCC1C(F)Cl. The number of halogens is 2. The molecule has 58 valence electrons. The molecule has 0 saturated carbocycles. The average molecular weight is 168 g/mol. The van der Waals surface area contributed by atoms with E-state index >= 15 is 0 Å². The maximum Gasteiger partial charge on any atom is 0.410 e. The van der Waals surface area contributed by atoms with Gasteiger partial charge in [-0.15, -0.1) is 0 Å². The molecule has 0 aromatic carbocycles. The van der Waals surface area contributed by atoms with Gasteiger partial charge in [-0.2, -0.15) is 0 Å². The molecule has 0 radical (unpaired) electrons. The maximum atomic E-state index is 12.3. The summed E-state index contributed by atoms with van der Waals surface area (Å²) < 4.78 is 16.8. The van der Waals surface area contributed by atoms with Crippen LogP contribution in [0.15, 0.2) is 0 Å². The number of hydrogen-bond donors (Lipinski definition) is 0. The van der Waals surface area contributed by atoms with Gasteiger partial charge in [0.25, 0.3) is 0 Å². The van der Waals surface area contributed by atoms with E-state index in [1.54, 1.807) is 0 Å². The number of hydrogen-bond acceptors (Lipinski definition) is 2. The monoisotopic (exact) mass is 167 g/mol. The topological polar surface area (TPSA) is 29.5 Å². The number of ether oxygens (including phenoxy) is 1. The van der Waals surface area contributed by atoms with E-state index in [9.17, 15) is 9.18 Å². The lowest BCUT2D eigenvalue weighted by molar-refractivity contribution is 0.163. The van der Waals surface area contributed by atoms with Crippen LogP contribution in [0.5, 0.6) is 0 Å². The van der Waals surface area contributed by atoms with Gasteiger partial charge in [0.15, 0.2) is 5.63 Å². The molecule has 1 aliphatic rings.